The predicted octanol–water partition coefficient (Wildman–Crippen LogP) is 3.57. The Bertz CT molecular complexity index is 558. The van der Waals surface area contributed by atoms with Crippen LogP contribution in [0, 0.1) is 5.92 Å². The second-order valence-corrected chi connectivity index (χ2v) is 8.16. The van der Waals surface area contributed by atoms with Gasteiger partial charge in [-0.25, -0.2) is 4.98 Å². The van der Waals surface area contributed by atoms with Gasteiger partial charge in [-0.1, -0.05) is 23.2 Å². The number of amides is 1. The van der Waals surface area contributed by atoms with Gasteiger partial charge in [0.1, 0.15) is 5.82 Å². The van der Waals surface area contributed by atoms with Gasteiger partial charge in [0.2, 0.25) is 5.91 Å². The lowest BCUT2D eigenvalue weighted by Gasteiger charge is -2.34. The molecule has 3 rings (SSSR count). The average Bonchev–Trinajstić information content (AvgIpc) is 2.57. The molecule has 23 heavy (non-hydrogen) atoms. The topological polar surface area (TPSA) is 36.4 Å². The van der Waals surface area contributed by atoms with Crippen LogP contribution in [-0.2, 0) is 4.79 Å². The fourth-order valence-corrected chi connectivity index (χ4v) is 4.58. The van der Waals surface area contributed by atoms with Crippen LogP contribution >= 0.6 is 35.0 Å². The first kappa shape index (κ1) is 17.2. The summed E-state index contributed by atoms with van der Waals surface area (Å²) in [4.78, 5) is 20.9. The van der Waals surface area contributed by atoms with E-state index < -0.39 is 0 Å². The molecule has 1 amide bonds. The van der Waals surface area contributed by atoms with Gasteiger partial charge in [0.25, 0.3) is 0 Å². The molecule has 2 aliphatic rings. The Labute approximate surface area is 151 Å². The zero-order chi connectivity index (χ0) is 16.2. The van der Waals surface area contributed by atoms with Crippen LogP contribution in [0.5, 0.6) is 0 Å². The van der Waals surface area contributed by atoms with E-state index in [9.17, 15) is 4.79 Å². The first-order valence-electron chi connectivity index (χ1n) is 8.05. The van der Waals surface area contributed by atoms with E-state index in [2.05, 4.69) is 9.88 Å². The second-order valence-electron chi connectivity index (χ2n) is 6.09. The smallest absolute Gasteiger partial charge is 0.222 e. The normalized spacial score (nSPS) is 19.9. The molecule has 0 unspecified atom stereocenters. The summed E-state index contributed by atoms with van der Waals surface area (Å²) in [5, 5.41) is 1.15. The van der Waals surface area contributed by atoms with E-state index in [0.29, 0.717) is 28.3 Å². The summed E-state index contributed by atoms with van der Waals surface area (Å²) in [6.07, 6.45) is 4.33. The number of halogens is 2. The number of carbonyl (C=O) groups is 1. The lowest BCUT2D eigenvalue weighted by Crippen LogP contribution is -2.40. The van der Waals surface area contributed by atoms with E-state index in [1.54, 1.807) is 12.3 Å². The highest BCUT2D eigenvalue weighted by Crippen LogP contribution is 2.30. The molecule has 2 aliphatic heterocycles. The third-order valence-corrected chi connectivity index (χ3v) is 5.96. The van der Waals surface area contributed by atoms with Crippen molar-refractivity contribution in [3.63, 3.8) is 0 Å². The van der Waals surface area contributed by atoms with E-state index in [0.717, 1.165) is 56.3 Å². The summed E-state index contributed by atoms with van der Waals surface area (Å²) in [6.45, 7) is 3.60. The van der Waals surface area contributed by atoms with Gasteiger partial charge in [-0.15, -0.1) is 0 Å². The highest BCUT2D eigenvalue weighted by Gasteiger charge is 2.26. The maximum absolute atomic E-state index is 12.4. The van der Waals surface area contributed by atoms with Crippen molar-refractivity contribution < 1.29 is 4.79 Å². The summed E-state index contributed by atoms with van der Waals surface area (Å²) < 4.78 is 0. The number of pyridine rings is 1. The van der Waals surface area contributed by atoms with Gasteiger partial charge in [0.05, 0.1) is 10.0 Å². The lowest BCUT2D eigenvalue weighted by atomic mass is 9.93. The van der Waals surface area contributed by atoms with Gasteiger partial charge in [-0.2, -0.15) is 11.8 Å². The summed E-state index contributed by atoms with van der Waals surface area (Å²) in [6, 6.07) is 1.73. The number of rotatable bonds is 3. The highest BCUT2D eigenvalue weighted by atomic mass is 35.5. The maximum Gasteiger partial charge on any atom is 0.222 e. The van der Waals surface area contributed by atoms with Crippen molar-refractivity contribution >= 4 is 46.7 Å². The zero-order valence-corrected chi connectivity index (χ0v) is 15.3. The Kier molecular flexibility index (Phi) is 5.94. The van der Waals surface area contributed by atoms with E-state index in [1.165, 1.54) is 0 Å². The Morgan fingerprint density at radius 1 is 1.22 bits per heavy atom. The minimum atomic E-state index is 0.325. The molecular formula is C16H21Cl2N3OS. The summed E-state index contributed by atoms with van der Waals surface area (Å²) in [5.41, 5.74) is 0. The minimum Gasteiger partial charge on any atom is -0.355 e. The van der Waals surface area contributed by atoms with E-state index >= 15 is 0 Å². The van der Waals surface area contributed by atoms with Gasteiger partial charge in [-0.05, 0) is 24.8 Å². The molecule has 0 atom stereocenters. The van der Waals surface area contributed by atoms with Crippen LogP contribution in [-0.4, -0.2) is 53.5 Å². The first-order valence-corrected chi connectivity index (χ1v) is 9.96. The van der Waals surface area contributed by atoms with Gasteiger partial charge < -0.3 is 9.80 Å². The molecule has 0 bridgehead atoms. The van der Waals surface area contributed by atoms with E-state index in [-0.39, 0.29) is 0 Å². The van der Waals surface area contributed by atoms with Gasteiger partial charge in [0.15, 0.2) is 0 Å². The number of aromatic nitrogens is 1. The van der Waals surface area contributed by atoms with Crippen molar-refractivity contribution in [1.29, 1.82) is 0 Å². The molecule has 126 valence electrons. The summed E-state index contributed by atoms with van der Waals surface area (Å²) in [5.74, 6) is 3.75. The van der Waals surface area contributed by atoms with Gasteiger partial charge in [0, 0.05) is 50.3 Å². The highest BCUT2D eigenvalue weighted by molar-refractivity contribution is 7.99. The van der Waals surface area contributed by atoms with Crippen molar-refractivity contribution in [1.82, 2.24) is 9.88 Å². The summed E-state index contributed by atoms with van der Waals surface area (Å²) in [7, 11) is 0. The van der Waals surface area contributed by atoms with Crippen molar-refractivity contribution in [3.05, 3.63) is 22.3 Å². The molecule has 0 aliphatic carbocycles. The molecule has 0 spiro atoms. The molecule has 1 aromatic heterocycles. The van der Waals surface area contributed by atoms with Crippen LogP contribution in [0.25, 0.3) is 0 Å². The Hall–Kier alpha value is -0.650. The molecule has 0 aromatic carbocycles. The molecule has 7 heteroatoms. The third-order valence-electron chi connectivity index (χ3n) is 4.53. The third kappa shape index (κ3) is 4.46. The largest absolute Gasteiger partial charge is 0.355 e. The minimum absolute atomic E-state index is 0.325. The SMILES string of the molecule is O=C(CC1CCN(c2ncc(Cl)cc2Cl)CC1)N1CCSCC1. The summed E-state index contributed by atoms with van der Waals surface area (Å²) >= 11 is 14.1. The molecule has 0 N–H and O–H groups in total. The molecule has 1 aromatic rings. The molecule has 2 saturated heterocycles. The van der Waals surface area contributed by atoms with Crippen LogP contribution < -0.4 is 4.90 Å². The average molecular weight is 374 g/mol. The van der Waals surface area contributed by atoms with Crippen LogP contribution in [0.3, 0.4) is 0 Å². The number of hydrogen-bond donors (Lipinski definition) is 0. The molecular weight excluding hydrogens is 353 g/mol. The Morgan fingerprint density at radius 3 is 2.57 bits per heavy atom. The number of piperidine rings is 1. The molecule has 0 radical (unpaired) electrons. The fourth-order valence-electron chi connectivity index (χ4n) is 3.18. The monoisotopic (exact) mass is 373 g/mol. The van der Waals surface area contributed by atoms with Crippen LogP contribution in [0.2, 0.25) is 10.0 Å². The molecule has 3 heterocycles. The number of carbonyl (C=O) groups excluding carboxylic acids is 1. The predicted molar refractivity (Wildman–Crippen MR) is 97.7 cm³/mol. The fraction of sp³-hybridized carbons (Fsp3) is 0.625. The van der Waals surface area contributed by atoms with E-state index in [4.69, 9.17) is 23.2 Å². The number of nitrogens with zero attached hydrogens (tertiary/aromatic N) is 3. The number of anilines is 1. The van der Waals surface area contributed by atoms with Crippen LogP contribution in [0.1, 0.15) is 19.3 Å². The molecule has 4 nitrogen and oxygen atoms in total. The van der Waals surface area contributed by atoms with Gasteiger partial charge in [-0.3, -0.25) is 4.79 Å². The first-order chi connectivity index (χ1) is 11.1. The lowest BCUT2D eigenvalue weighted by molar-refractivity contribution is -0.132. The van der Waals surface area contributed by atoms with Crippen molar-refractivity contribution in [2.75, 3.05) is 42.6 Å². The standard InChI is InChI=1S/C16H21Cl2N3OS/c17-13-10-14(18)16(19-11-13)21-3-1-12(2-4-21)9-15(22)20-5-7-23-8-6-20/h10-12H,1-9H2. The number of thioether (sulfide) groups is 1. The Balaban J connectivity index is 1.51. The molecule has 0 saturated carbocycles. The van der Waals surface area contributed by atoms with Crippen LogP contribution in [0.4, 0.5) is 5.82 Å². The second kappa shape index (κ2) is 7.95. The van der Waals surface area contributed by atoms with Crippen molar-refractivity contribution in [3.8, 4) is 0 Å². The van der Waals surface area contributed by atoms with Crippen molar-refractivity contribution in [2.45, 2.75) is 19.3 Å². The molecule has 2 fully saturated rings. The number of hydrogen-bond acceptors (Lipinski definition) is 4. The van der Waals surface area contributed by atoms with E-state index in [1.807, 2.05) is 16.7 Å². The van der Waals surface area contributed by atoms with Gasteiger partial charge >= 0.3 is 0 Å². The van der Waals surface area contributed by atoms with Crippen molar-refractivity contribution in [2.24, 2.45) is 5.92 Å². The van der Waals surface area contributed by atoms with Crippen LogP contribution in [0.15, 0.2) is 12.3 Å². The zero-order valence-electron chi connectivity index (χ0n) is 13.0. The maximum atomic E-state index is 12.4. The quantitative estimate of drug-likeness (QED) is 0.811. The Morgan fingerprint density at radius 2 is 1.91 bits per heavy atom.